The summed E-state index contributed by atoms with van der Waals surface area (Å²) in [6, 6.07) is 14.9. The normalized spacial score (nSPS) is 10.5. The molecule has 0 saturated carbocycles. The largest absolute Gasteiger partial charge is 0.329 e. The Balaban J connectivity index is 1.89. The topological polar surface area (TPSA) is 70.6 Å². The van der Waals surface area contributed by atoms with Crippen LogP contribution in [0.15, 0.2) is 58.5 Å². The van der Waals surface area contributed by atoms with E-state index in [1.807, 2.05) is 49.6 Å². The summed E-state index contributed by atoms with van der Waals surface area (Å²) in [7, 11) is 0. The number of anilines is 1. The lowest BCUT2D eigenvalue weighted by atomic mass is 10.2. The van der Waals surface area contributed by atoms with Crippen molar-refractivity contribution in [2.75, 3.05) is 11.6 Å². The number of thioether (sulfide) groups is 1. The molecule has 5 nitrogen and oxygen atoms in total. The van der Waals surface area contributed by atoms with E-state index < -0.39 is 11.8 Å². The average Bonchev–Trinajstić information content (AvgIpc) is 2.57. The Hall–Kier alpha value is -2.60. The fraction of sp³-hybridized carbons (Fsp3) is 0.118. The number of rotatable bonds is 4. The SMILES string of the molecule is CSc1ccc(/C=N/NC(=O)C(=O)Nc2ccccc2C)cc1. The van der Waals surface area contributed by atoms with Gasteiger partial charge in [0, 0.05) is 10.6 Å². The van der Waals surface area contributed by atoms with E-state index in [1.54, 1.807) is 23.9 Å². The number of hydrogen-bond donors (Lipinski definition) is 2. The van der Waals surface area contributed by atoms with Gasteiger partial charge in [0.2, 0.25) is 0 Å². The van der Waals surface area contributed by atoms with Crippen LogP contribution in [0.1, 0.15) is 11.1 Å². The van der Waals surface area contributed by atoms with Crippen LogP contribution < -0.4 is 10.7 Å². The molecule has 2 rings (SSSR count). The quantitative estimate of drug-likeness (QED) is 0.393. The Kier molecular flexibility index (Phi) is 5.94. The van der Waals surface area contributed by atoms with Gasteiger partial charge in [-0.25, -0.2) is 5.43 Å². The highest BCUT2D eigenvalue weighted by Crippen LogP contribution is 2.14. The predicted molar refractivity (Wildman–Crippen MR) is 93.8 cm³/mol. The van der Waals surface area contributed by atoms with Gasteiger partial charge in [0.1, 0.15) is 0 Å². The minimum absolute atomic E-state index is 0.601. The van der Waals surface area contributed by atoms with Crippen LogP contribution in [0.5, 0.6) is 0 Å². The van der Waals surface area contributed by atoms with Gasteiger partial charge >= 0.3 is 11.8 Å². The third-order valence-corrected chi connectivity index (χ3v) is 3.84. The van der Waals surface area contributed by atoms with E-state index in [0.717, 1.165) is 16.0 Å². The number of carbonyl (C=O) groups is 2. The van der Waals surface area contributed by atoms with Crippen molar-refractivity contribution in [2.45, 2.75) is 11.8 Å². The third-order valence-electron chi connectivity index (χ3n) is 3.10. The number of nitrogens with one attached hydrogen (secondary N) is 2. The maximum Gasteiger partial charge on any atom is 0.329 e. The summed E-state index contributed by atoms with van der Waals surface area (Å²) in [5.41, 5.74) is 4.53. The number of benzene rings is 2. The zero-order valence-corrected chi connectivity index (χ0v) is 13.7. The van der Waals surface area contributed by atoms with Crippen LogP contribution in [0.4, 0.5) is 5.69 Å². The molecule has 118 valence electrons. The van der Waals surface area contributed by atoms with Gasteiger partial charge in [0.25, 0.3) is 0 Å². The van der Waals surface area contributed by atoms with Gasteiger partial charge < -0.3 is 5.32 Å². The molecule has 2 amide bonds. The fourth-order valence-electron chi connectivity index (χ4n) is 1.80. The van der Waals surface area contributed by atoms with Crippen LogP contribution in [0.3, 0.4) is 0 Å². The molecule has 0 saturated heterocycles. The molecule has 0 fully saturated rings. The second kappa shape index (κ2) is 8.14. The number of amides is 2. The Morgan fingerprint density at radius 1 is 1.04 bits per heavy atom. The van der Waals surface area contributed by atoms with Crippen molar-refractivity contribution in [3.05, 3.63) is 59.7 Å². The molecule has 0 heterocycles. The monoisotopic (exact) mass is 327 g/mol. The molecule has 0 aliphatic rings. The number of para-hydroxylation sites is 1. The van der Waals surface area contributed by atoms with Crippen LogP contribution in [0.25, 0.3) is 0 Å². The lowest BCUT2D eigenvalue weighted by Crippen LogP contribution is -2.32. The minimum Gasteiger partial charge on any atom is -0.317 e. The van der Waals surface area contributed by atoms with E-state index in [9.17, 15) is 9.59 Å². The Bertz CT molecular complexity index is 727. The summed E-state index contributed by atoms with van der Waals surface area (Å²) in [6.45, 7) is 1.85. The first-order valence-corrected chi connectivity index (χ1v) is 8.16. The van der Waals surface area contributed by atoms with Crippen molar-refractivity contribution in [3.8, 4) is 0 Å². The smallest absolute Gasteiger partial charge is 0.317 e. The number of hydrogen-bond acceptors (Lipinski definition) is 4. The van der Waals surface area contributed by atoms with Crippen LogP contribution in [0, 0.1) is 6.92 Å². The maximum absolute atomic E-state index is 11.8. The van der Waals surface area contributed by atoms with Crippen LogP contribution in [-0.2, 0) is 9.59 Å². The molecule has 0 aromatic heterocycles. The number of hydrazone groups is 1. The van der Waals surface area contributed by atoms with Crippen molar-refractivity contribution >= 4 is 35.5 Å². The van der Waals surface area contributed by atoms with Crippen LogP contribution in [-0.4, -0.2) is 24.3 Å². The van der Waals surface area contributed by atoms with Gasteiger partial charge in [-0.05, 0) is 42.5 Å². The molecule has 6 heteroatoms. The van der Waals surface area contributed by atoms with Gasteiger partial charge in [-0.1, -0.05) is 30.3 Å². The molecule has 2 N–H and O–H groups in total. The van der Waals surface area contributed by atoms with Gasteiger partial charge in [-0.2, -0.15) is 5.10 Å². The Morgan fingerprint density at radius 3 is 2.39 bits per heavy atom. The van der Waals surface area contributed by atoms with Crippen molar-refractivity contribution in [1.82, 2.24) is 5.43 Å². The molecule has 0 atom stereocenters. The molecule has 0 aliphatic heterocycles. The van der Waals surface area contributed by atoms with Gasteiger partial charge in [0.15, 0.2) is 0 Å². The van der Waals surface area contributed by atoms with Gasteiger partial charge in [-0.3, -0.25) is 9.59 Å². The van der Waals surface area contributed by atoms with E-state index in [4.69, 9.17) is 0 Å². The summed E-state index contributed by atoms with van der Waals surface area (Å²) in [6.07, 6.45) is 3.49. The molecule has 0 unspecified atom stereocenters. The molecule has 0 spiro atoms. The molecular weight excluding hydrogens is 310 g/mol. The molecule has 0 radical (unpaired) electrons. The van der Waals surface area contributed by atoms with Crippen molar-refractivity contribution < 1.29 is 9.59 Å². The van der Waals surface area contributed by atoms with Crippen molar-refractivity contribution in [3.63, 3.8) is 0 Å². The molecule has 0 bridgehead atoms. The molecule has 23 heavy (non-hydrogen) atoms. The van der Waals surface area contributed by atoms with Crippen LogP contribution >= 0.6 is 11.8 Å². The highest BCUT2D eigenvalue weighted by molar-refractivity contribution is 7.98. The van der Waals surface area contributed by atoms with E-state index in [1.165, 1.54) is 6.21 Å². The Labute approximate surface area is 139 Å². The second-order valence-electron chi connectivity index (χ2n) is 4.74. The zero-order valence-electron chi connectivity index (χ0n) is 12.9. The number of aryl methyl sites for hydroxylation is 1. The highest BCUT2D eigenvalue weighted by Gasteiger charge is 2.13. The molecule has 2 aromatic rings. The fourth-order valence-corrected chi connectivity index (χ4v) is 2.21. The number of nitrogens with zero attached hydrogens (tertiary/aromatic N) is 1. The van der Waals surface area contributed by atoms with Crippen LogP contribution in [0.2, 0.25) is 0 Å². The molecular formula is C17H17N3O2S. The second-order valence-corrected chi connectivity index (χ2v) is 5.62. The van der Waals surface area contributed by atoms with E-state index >= 15 is 0 Å². The first kappa shape index (κ1) is 16.8. The summed E-state index contributed by atoms with van der Waals surface area (Å²) >= 11 is 1.64. The number of carbonyl (C=O) groups excluding carboxylic acids is 2. The standard InChI is InChI=1S/C17H17N3O2S/c1-12-5-3-4-6-15(12)19-16(21)17(22)20-18-11-13-7-9-14(23-2)10-8-13/h3-11H,1-2H3,(H,19,21)(H,20,22)/b18-11+. The lowest BCUT2D eigenvalue weighted by molar-refractivity contribution is -0.136. The summed E-state index contributed by atoms with van der Waals surface area (Å²) in [4.78, 5) is 24.6. The summed E-state index contributed by atoms with van der Waals surface area (Å²) in [5.74, 6) is -1.57. The molecule has 0 aliphatic carbocycles. The van der Waals surface area contributed by atoms with Gasteiger partial charge in [-0.15, -0.1) is 11.8 Å². The predicted octanol–water partition coefficient (Wildman–Crippen LogP) is 2.81. The Morgan fingerprint density at radius 2 is 1.74 bits per heavy atom. The van der Waals surface area contributed by atoms with E-state index in [0.29, 0.717) is 5.69 Å². The highest BCUT2D eigenvalue weighted by atomic mass is 32.2. The third kappa shape index (κ3) is 4.96. The minimum atomic E-state index is -0.815. The molecule has 2 aromatic carbocycles. The maximum atomic E-state index is 11.8. The summed E-state index contributed by atoms with van der Waals surface area (Å²) < 4.78 is 0. The first-order chi connectivity index (χ1) is 11.1. The zero-order chi connectivity index (χ0) is 16.7. The van der Waals surface area contributed by atoms with Gasteiger partial charge in [0.05, 0.1) is 6.21 Å². The first-order valence-electron chi connectivity index (χ1n) is 6.94. The lowest BCUT2D eigenvalue weighted by Gasteiger charge is -2.06. The average molecular weight is 327 g/mol. The van der Waals surface area contributed by atoms with E-state index in [2.05, 4.69) is 15.8 Å². The van der Waals surface area contributed by atoms with Crippen molar-refractivity contribution in [1.29, 1.82) is 0 Å². The van der Waals surface area contributed by atoms with E-state index in [-0.39, 0.29) is 0 Å². The van der Waals surface area contributed by atoms with Crippen molar-refractivity contribution in [2.24, 2.45) is 5.10 Å². The summed E-state index contributed by atoms with van der Waals surface area (Å²) in [5, 5.41) is 6.34.